The fourth-order valence-corrected chi connectivity index (χ4v) is 5.66. The van der Waals surface area contributed by atoms with Crippen molar-refractivity contribution in [3.63, 3.8) is 0 Å². The van der Waals surface area contributed by atoms with Crippen molar-refractivity contribution in [3.8, 4) is 0 Å². The minimum absolute atomic E-state index is 0.0641. The highest BCUT2D eigenvalue weighted by atomic mass is 32.2. The zero-order valence-corrected chi connectivity index (χ0v) is 17.9. The van der Waals surface area contributed by atoms with E-state index in [2.05, 4.69) is 26.1 Å². The molecule has 0 radical (unpaired) electrons. The summed E-state index contributed by atoms with van der Waals surface area (Å²) in [5.41, 5.74) is 2.03. The number of nitrogens with one attached hydrogen (secondary N) is 1. The van der Waals surface area contributed by atoms with E-state index in [0.29, 0.717) is 13.0 Å². The lowest BCUT2D eigenvalue weighted by Crippen LogP contribution is -2.45. The maximum Gasteiger partial charge on any atom is 0.238 e. The van der Waals surface area contributed by atoms with Crippen molar-refractivity contribution in [2.75, 3.05) is 36.5 Å². The highest BCUT2D eigenvalue weighted by Gasteiger charge is 2.34. The van der Waals surface area contributed by atoms with Crippen LogP contribution in [-0.2, 0) is 24.8 Å². The molecule has 2 atom stereocenters. The molecule has 2 saturated heterocycles. The summed E-state index contributed by atoms with van der Waals surface area (Å²) in [6.07, 6.45) is 2.66. The second kappa shape index (κ2) is 8.51. The number of hydrogen-bond acceptors (Lipinski definition) is 5. The highest BCUT2D eigenvalue weighted by molar-refractivity contribution is 7.91. The number of carbonyl (C=O) groups is 1. The van der Waals surface area contributed by atoms with E-state index in [4.69, 9.17) is 4.74 Å². The van der Waals surface area contributed by atoms with Gasteiger partial charge in [-0.1, -0.05) is 32.9 Å². The van der Waals surface area contributed by atoms with Crippen LogP contribution in [0.1, 0.15) is 45.6 Å². The third-order valence-electron chi connectivity index (χ3n) is 5.57. The van der Waals surface area contributed by atoms with Crippen molar-refractivity contribution in [3.05, 3.63) is 29.8 Å². The molecule has 1 aromatic carbocycles. The Bertz CT molecular complexity index is 778. The largest absolute Gasteiger partial charge is 0.377 e. The Morgan fingerprint density at radius 3 is 2.46 bits per heavy atom. The van der Waals surface area contributed by atoms with E-state index < -0.39 is 9.84 Å². The van der Waals surface area contributed by atoms with Crippen molar-refractivity contribution >= 4 is 21.4 Å². The van der Waals surface area contributed by atoms with Crippen LogP contribution in [0.25, 0.3) is 0 Å². The third-order valence-corrected chi connectivity index (χ3v) is 7.32. The van der Waals surface area contributed by atoms with Gasteiger partial charge in [0.05, 0.1) is 24.2 Å². The van der Waals surface area contributed by atoms with Crippen molar-refractivity contribution in [2.24, 2.45) is 0 Å². The van der Waals surface area contributed by atoms with Gasteiger partial charge in [-0.2, -0.15) is 0 Å². The molecule has 0 saturated carbocycles. The molecule has 3 rings (SSSR count). The average molecular weight is 409 g/mol. The minimum atomic E-state index is -3.00. The number of nitrogens with zero attached hydrogens (tertiary/aromatic N) is 1. The Morgan fingerprint density at radius 1 is 1.21 bits per heavy atom. The molecule has 2 aliphatic heterocycles. The quantitative estimate of drug-likeness (QED) is 0.783. The van der Waals surface area contributed by atoms with Gasteiger partial charge in [-0.3, -0.25) is 9.69 Å². The van der Waals surface area contributed by atoms with Gasteiger partial charge in [0.1, 0.15) is 0 Å². The van der Waals surface area contributed by atoms with Gasteiger partial charge in [0.2, 0.25) is 5.91 Å². The molecule has 2 heterocycles. The molecule has 7 heteroatoms. The molecular formula is C21H32N2O4S. The maximum atomic E-state index is 12.7. The Morgan fingerprint density at radius 2 is 1.93 bits per heavy atom. The Labute approximate surface area is 168 Å². The molecule has 6 nitrogen and oxygen atoms in total. The van der Waals surface area contributed by atoms with Gasteiger partial charge in [-0.15, -0.1) is 0 Å². The Balaban J connectivity index is 1.63. The number of ether oxygens (including phenoxy) is 1. The lowest BCUT2D eigenvalue weighted by atomic mass is 9.87. The molecule has 2 fully saturated rings. The fraction of sp³-hybridized carbons (Fsp3) is 0.667. The van der Waals surface area contributed by atoms with E-state index in [-0.39, 0.29) is 41.5 Å². The Hall–Kier alpha value is -1.44. The first-order chi connectivity index (χ1) is 13.1. The van der Waals surface area contributed by atoms with E-state index >= 15 is 0 Å². The second-order valence-electron chi connectivity index (χ2n) is 9.00. The number of sulfone groups is 1. The van der Waals surface area contributed by atoms with Crippen molar-refractivity contribution in [2.45, 2.75) is 57.6 Å². The molecule has 0 aliphatic carbocycles. The van der Waals surface area contributed by atoms with Gasteiger partial charge >= 0.3 is 0 Å². The number of anilines is 1. The van der Waals surface area contributed by atoms with E-state index in [0.717, 1.165) is 25.1 Å². The molecule has 28 heavy (non-hydrogen) atoms. The van der Waals surface area contributed by atoms with Gasteiger partial charge in [0.15, 0.2) is 9.84 Å². The predicted molar refractivity (Wildman–Crippen MR) is 111 cm³/mol. The van der Waals surface area contributed by atoms with Crippen LogP contribution in [-0.4, -0.2) is 62.6 Å². The van der Waals surface area contributed by atoms with E-state index in [1.54, 1.807) is 0 Å². The minimum Gasteiger partial charge on any atom is -0.377 e. The summed E-state index contributed by atoms with van der Waals surface area (Å²) in [5.74, 6) is 0.217. The van der Waals surface area contributed by atoms with Crippen molar-refractivity contribution in [1.82, 2.24) is 4.90 Å². The van der Waals surface area contributed by atoms with Crippen LogP contribution >= 0.6 is 0 Å². The number of carbonyl (C=O) groups excluding carboxylic acids is 1. The van der Waals surface area contributed by atoms with E-state index in [9.17, 15) is 13.2 Å². The molecule has 2 unspecified atom stereocenters. The van der Waals surface area contributed by atoms with Crippen LogP contribution in [0.5, 0.6) is 0 Å². The van der Waals surface area contributed by atoms with Gasteiger partial charge in [0.25, 0.3) is 0 Å². The second-order valence-corrected chi connectivity index (χ2v) is 11.2. The summed E-state index contributed by atoms with van der Waals surface area (Å²) in [4.78, 5) is 14.7. The third kappa shape index (κ3) is 5.78. The fourth-order valence-electron chi connectivity index (χ4n) is 3.89. The van der Waals surface area contributed by atoms with Crippen LogP contribution in [0, 0.1) is 0 Å². The standard InChI is InChI=1S/C21H32N2O4S/c1-21(2,3)16-6-8-17(9-7-16)22-20(24)14-23(13-19-5-4-11-27-19)18-10-12-28(25,26)15-18/h6-9,18-19H,4-5,10-15H2,1-3H3,(H,22,24). The summed E-state index contributed by atoms with van der Waals surface area (Å²) in [6.45, 7) is 7.99. The number of amides is 1. The van der Waals surface area contributed by atoms with Crippen LogP contribution in [0.2, 0.25) is 0 Å². The van der Waals surface area contributed by atoms with Gasteiger partial charge in [0, 0.05) is 24.9 Å². The maximum absolute atomic E-state index is 12.7. The smallest absolute Gasteiger partial charge is 0.238 e. The van der Waals surface area contributed by atoms with E-state index in [1.807, 2.05) is 29.2 Å². The van der Waals surface area contributed by atoms with E-state index in [1.165, 1.54) is 5.56 Å². The van der Waals surface area contributed by atoms with Gasteiger partial charge in [-0.25, -0.2) is 8.42 Å². The first kappa shape index (κ1) is 21.3. The molecule has 0 aromatic heterocycles. The molecule has 0 spiro atoms. The van der Waals surface area contributed by atoms with Gasteiger partial charge in [-0.05, 0) is 42.4 Å². The summed E-state index contributed by atoms with van der Waals surface area (Å²) in [5, 5.41) is 2.95. The average Bonchev–Trinajstić information content (AvgIpc) is 3.23. The highest BCUT2D eigenvalue weighted by Crippen LogP contribution is 2.24. The first-order valence-corrected chi connectivity index (χ1v) is 11.9. The molecule has 1 amide bonds. The topological polar surface area (TPSA) is 75.7 Å². The van der Waals surface area contributed by atoms with Crippen molar-refractivity contribution < 1.29 is 17.9 Å². The van der Waals surface area contributed by atoms with Gasteiger partial charge < -0.3 is 10.1 Å². The summed E-state index contributed by atoms with van der Waals surface area (Å²) < 4.78 is 29.5. The monoisotopic (exact) mass is 408 g/mol. The lowest BCUT2D eigenvalue weighted by molar-refractivity contribution is -0.118. The van der Waals surface area contributed by atoms with Crippen LogP contribution in [0.4, 0.5) is 5.69 Å². The van der Waals surface area contributed by atoms with Crippen LogP contribution < -0.4 is 5.32 Å². The van der Waals surface area contributed by atoms with Crippen LogP contribution in [0.3, 0.4) is 0 Å². The molecule has 0 bridgehead atoms. The molecule has 1 aromatic rings. The zero-order chi connectivity index (χ0) is 20.4. The van der Waals surface area contributed by atoms with Crippen molar-refractivity contribution in [1.29, 1.82) is 0 Å². The summed E-state index contributed by atoms with van der Waals surface area (Å²) in [6, 6.07) is 7.79. The van der Waals surface area contributed by atoms with Crippen LogP contribution in [0.15, 0.2) is 24.3 Å². The number of rotatable bonds is 6. The molecule has 2 aliphatic rings. The molecular weight excluding hydrogens is 376 g/mol. The number of hydrogen-bond donors (Lipinski definition) is 1. The predicted octanol–water partition coefficient (Wildman–Crippen LogP) is 2.59. The lowest BCUT2D eigenvalue weighted by Gasteiger charge is -2.29. The SMILES string of the molecule is CC(C)(C)c1ccc(NC(=O)CN(CC2CCCO2)C2CCS(=O)(=O)C2)cc1. The normalized spacial score (nSPS) is 24.6. The summed E-state index contributed by atoms with van der Waals surface area (Å²) >= 11 is 0. The molecule has 1 N–H and O–H groups in total. The zero-order valence-electron chi connectivity index (χ0n) is 17.1. The molecule has 156 valence electrons. The first-order valence-electron chi connectivity index (χ1n) is 10.1. The number of benzene rings is 1. The Kier molecular flexibility index (Phi) is 6.47. The summed E-state index contributed by atoms with van der Waals surface area (Å²) in [7, 11) is -3.00.